The van der Waals surface area contributed by atoms with E-state index >= 15 is 0 Å². The number of rotatable bonds is 14. The van der Waals surface area contributed by atoms with Gasteiger partial charge in [0.15, 0.2) is 0 Å². The number of benzene rings is 3. The van der Waals surface area contributed by atoms with Crippen molar-refractivity contribution >= 4 is 40.4 Å². The predicted octanol–water partition coefficient (Wildman–Crippen LogP) is 3.65. The van der Waals surface area contributed by atoms with E-state index in [1.807, 2.05) is 66.4 Å². The van der Waals surface area contributed by atoms with Crippen molar-refractivity contribution in [3.05, 3.63) is 119 Å². The molecule has 3 aromatic rings. The van der Waals surface area contributed by atoms with E-state index in [1.165, 1.54) is 5.56 Å². The maximum absolute atomic E-state index is 13.1. The molecule has 5 N–H and O–H groups in total. The molecule has 7 rings (SSSR count). The number of β-amino-alcohol motifs (C(OH)–C–C–N with tert-alkyl or cyclic N) is 1. The van der Waals surface area contributed by atoms with Gasteiger partial charge >= 0.3 is 0 Å². The van der Waals surface area contributed by atoms with Crippen molar-refractivity contribution in [2.24, 2.45) is 4.99 Å². The molecular weight excluding hydrogens is 731 g/mol. The topological polar surface area (TPSA) is 157 Å². The van der Waals surface area contributed by atoms with E-state index in [1.54, 1.807) is 0 Å². The normalized spacial score (nSPS) is 20.1. The summed E-state index contributed by atoms with van der Waals surface area (Å²) in [7, 11) is 0. The number of carbonyl (C=O) groups excluding carboxylic acids is 3. The van der Waals surface area contributed by atoms with Crippen LogP contribution in [0.2, 0.25) is 0 Å². The van der Waals surface area contributed by atoms with Gasteiger partial charge in [-0.05, 0) is 67.6 Å². The number of carbonyl (C=O) groups is 3. The zero-order valence-electron chi connectivity index (χ0n) is 33.4. The van der Waals surface area contributed by atoms with E-state index in [0.29, 0.717) is 44.0 Å². The highest BCUT2D eigenvalue weighted by Gasteiger charge is 2.28. The first kappa shape index (κ1) is 40.6. The third-order valence-electron chi connectivity index (χ3n) is 11.4. The number of nitrogens with zero attached hydrogens (tertiary/aromatic N) is 5. The molecule has 1 atom stereocenters. The predicted molar refractivity (Wildman–Crippen MR) is 227 cm³/mol. The number of nitrogens with one attached hydrogen (secondary N) is 4. The van der Waals surface area contributed by atoms with Crippen LogP contribution < -0.4 is 16.0 Å². The Morgan fingerprint density at radius 1 is 0.879 bits per heavy atom. The second kappa shape index (κ2) is 19.2. The minimum Gasteiger partial charge on any atom is -0.395 e. The zero-order chi connectivity index (χ0) is 40.4. The molecule has 13 nitrogen and oxygen atoms in total. The summed E-state index contributed by atoms with van der Waals surface area (Å²) in [5.74, 6) is 0.908. The van der Waals surface area contributed by atoms with Crippen LogP contribution >= 0.6 is 0 Å². The molecule has 304 valence electrons. The Bertz CT molecular complexity index is 2050. The largest absolute Gasteiger partial charge is 0.395 e. The van der Waals surface area contributed by atoms with Crippen LogP contribution in [0.3, 0.4) is 0 Å². The van der Waals surface area contributed by atoms with Crippen LogP contribution in [0.15, 0.2) is 102 Å². The van der Waals surface area contributed by atoms with Crippen molar-refractivity contribution in [2.45, 2.75) is 38.5 Å². The molecular formula is C45H55N9O4. The lowest BCUT2D eigenvalue weighted by atomic mass is 9.90. The molecule has 4 aliphatic rings. The lowest BCUT2D eigenvalue weighted by Crippen LogP contribution is -2.50. The van der Waals surface area contributed by atoms with Crippen molar-refractivity contribution in [3.8, 4) is 0 Å². The Balaban J connectivity index is 0.927. The Hall–Kier alpha value is -5.63. The number of amides is 3. The Labute approximate surface area is 341 Å². The summed E-state index contributed by atoms with van der Waals surface area (Å²) in [4.78, 5) is 50.9. The van der Waals surface area contributed by atoms with Crippen molar-refractivity contribution in [2.75, 3.05) is 83.9 Å². The molecule has 0 bridgehead atoms. The summed E-state index contributed by atoms with van der Waals surface area (Å²) in [5.41, 5.74) is 6.99. The second-order valence-electron chi connectivity index (χ2n) is 15.4. The molecule has 0 aromatic heterocycles. The molecule has 58 heavy (non-hydrogen) atoms. The molecule has 0 aliphatic carbocycles. The SMILES string of the molecule is CC(=N)/C(=C1/N=C(c2cccc(CCCN3CCN(C(=O)CNc4ccc(C5CCC(=O)NC5=O)cc4)CC3)c2)C=C(N2CCN(CCO)CC2)N1)c1ccccc1. The highest BCUT2D eigenvalue weighted by Crippen LogP contribution is 2.27. The maximum Gasteiger partial charge on any atom is 0.241 e. The maximum atomic E-state index is 13.1. The fourth-order valence-electron chi connectivity index (χ4n) is 8.14. The van der Waals surface area contributed by atoms with Crippen molar-refractivity contribution in [1.82, 2.24) is 30.2 Å². The smallest absolute Gasteiger partial charge is 0.241 e. The first-order valence-corrected chi connectivity index (χ1v) is 20.5. The molecule has 0 saturated carbocycles. The van der Waals surface area contributed by atoms with E-state index in [9.17, 15) is 19.5 Å². The summed E-state index contributed by atoms with van der Waals surface area (Å²) in [6.07, 6.45) is 4.90. The fourth-order valence-corrected chi connectivity index (χ4v) is 8.14. The minimum atomic E-state index is -0.324. The summed E-state index contributed by atoms with van der Waals surface area (Å²) < 4.78 is 0. The lowest BCUT2D eigenvalue weighted by Gasteiger charge is -2.38. The molecule has 4 heterocycles. The average Bonchev–Trinajstić information content (AvgIpc) is 3.24. The number of imide groups is 1. The van der Waals surface area contributed by atoms with Gasteiger partial charge in [-0.1, -0.05) is 60.7 Å². The number of aliphatic hydroxyl groups excluding tert-OH is 1. The number of hydrogen-bond donors (Lipinski definition) is 5. The van der Waals surface area contributed by atoms with Gasteiger partial charge in [-0.3, -0.25) is 29.5 Å². The summed E-state index contributed by atoms with van der Waals surface area (Å²) in [5, 5.41) is 27.4. The molecule has 13 heteroatoms. The molecule has 3 fully saturated rings. The Morgan fingerprint density at radius 3 is 2.31 bits per heavy atom. The second-order valence-corrected chi connectivity index (χ2v) is 15.4. The van der Waals surface area contributed by atoms with Gasteiger partial charge in [0, 0.05) is 93.9 Å². The molecule has 0 radical (unpaired) electrons. The molecule has 3 saturated heterocycles. The van der Waals surface area contributed by atoms with Gasteiger partial charge in [-0.2, -0.15) is 0 Å². The average molecular weight is 786 g/mol. The molecule has 1 unspecified atom stereocenters. The number of piperazine rings is 2. The monoisotopic (exact) mass is 785 g/mol. The van der Waals surface area contributed by atoms with Gasteiger partial charge in [-0.15, -0.1) is 0 Å². The van der Waals surface area contributed by atoms with Crippen molar-refractivity contribution in [3.63, 3.8) is 0 Å². The van der Waals surface area contributed by atoms with Crippen molar-refractivity contribution < 1.29 is 19.5 Å². The Kier molecular flexibility index (Phi) is 13.4. The van der Waals surface area contributed by atoms with E-state index in [4.69, 9.17) is 10.4 Å². The molecule has 0 spiro atoms. The molecule has 3 aromatic carbocycles. The van der Waals surface area contributed by atoms with Gasteiger partial charge in [-0.25, -0.2) is 4.99 Å². The number of allylic oxidation sites excluding steroid dienone is 2. The first-order valence-electron chi connectivity index (χ1n) is 20.5. The van der Waals surface area contributed by atoms with Crippen LogP contribution in [0.5, 0.6) is 0 Å². The molecule has 3 amide bonds. The first-order chi connectivity index (χ1) is 28.2. The number of aliphatic hydroxyl groups is 1. The summed E-state index contributed by atoms with van der Waals surface area (Å²) in [6.45, 7) is 10.3. The van der Waals surface area contributed by atoms with Crippen LogP contribution in [0.25, 0.3) is 5.57 Å². The summed E-state index contributed by atoms with van der Waals surface area (Å²) in [6, 6.07) is 26.2. The summed E-state index contributed by atoms with van der Waals surface area (Å²) >= 11 is 0. The Morgan fingerprint density at radius 2 is 1.60 bits per heavy atom. The van der Waals surface area contributed by atoms with Gasteiger partial charge in [0.05, 0.1) is 24.8 Å². The van der Waals surface area contributed by atoms with Gasteiger partial charge in [0.1, 0.15) is 11.6 Å². The molecule has 4 aliphatic heterocycles. The standard InChI is InChI=1S/C45H55N9O4/c1-32(46)43(35-9-3-2-4-10-35)44-48-39(30-40(49-44)53-23-19-52(20-24-53)27-28-55)36-11-5-7-33(29-36)8-6-18-51-21-25-54(26-22-51)42(57)31-47-37-14-12-34(13-15-37)38-16-17-41(56)50-45(38)58/h2-5,7,9-15,29-30,38,46-47,49,55H,6,8,16-28,31H2,1H3,(H,50,56,58)/b44-43+,46-32?. The lowest BCUT2D eigenvalue weighted by molar-refractivity contribution is -0.134. The van der Waals surface area contributed by atoms with Crippen LogP contribution in [0, 0.1) is 5.41 Å². The van der Waals surface area contributed by atoms with Crippen LogP contribution in [-0.4, -0.2) is 132 Å². The highest BCUT2D eigenvalue weighted by molar-refractivity contribution is 6.23. The van der Waals surface area contributed by atoms with Gasteiger partial charge in [0.25, 0.3) is 0 Å². The number of hydrogen-bond acceptors (Lipinski definition) is 11. The third kappa shape index (κ3) is 10.3. The number of aryl methyl sites for hydroxylation is 1. The van der Waals surface area contributed by atoms with E-state index in [0.717, 1.165) is 98.1 Å². The van der Waals surface area contributed by atoms with Gasteiger partial charge in [0.2, 0.25) is 17.7 Å². The van der Waals surface area contributed by atoms with Crippen LogP contribution in [0.1, 0.15) is 54.4 Å². The van der Waals surface area contributed by atoms with Crippen molar-refractivity contribution in [1.29, 1.82) is 5.41 Å². The van der Waals surface area contributed by atoms with Gasteiger partial charge < -0.3 is 30.9 Å². The zero-order valence-corrected chi connectivity index (χ0v) is 33.4. The van der Waals surface area contributed by atoms with E-state index < -0.39 is 0 Å². The third-order valence-corrected chi connectivity index (χ3v) is 11.4. The fraction of sp³-hybridized carbons (Fsp3) is 0.400. The van der Waals surface area contributed by atoms with Crippen LogP contribution in [-0.2, 0) is 20.8 Å². The van der Waals surface area contributed by atoms with Crippen LogP contribution in [0.4, 0.5) is 5.69 Å². The number of piperidine rings is 1. The quantitative estimate of drug-likeness (QED) is 0.122. The number of anilines is 1. The number of aliphatic imine (C=N–C) groups is 1. The minimum absolute atomic E-state index is 0.0670. The van der Waals surface area contributed by atoms with E-state index in [-0.39, 0.29) is 36.8 Å². The highest BCUT2D eigenvalue weighted by atomic mass is 16.3. The van der Waals surface area contributed by atoms with E-state index in [2.05, 4.69) is 61.0 Å².